The van der Waals surface area contributed by atoms with E-state index in [2.05, 4.69) is 10.9 Å². The molecule has 0 saturated carbocycles. The Labute approximate surface area is 183 Å². The summed E-state index contributed by atoms with van der Waals surface area (Å²) in [5, 5.41) is 0. The van der Waals surface area contributed by atoms with Gasteiger partial charge in [0, 0.05) is 12.1 Å². The molecular weight excluding hydrogens is 440 g/mol. The van der Waals surface area contributed by atoms with Gasteiger partial charge in [-0.3, -0.25) is 4.79 Å². The minimum atomic E-state index is -3.86. The maximum Gasteiger partial charge on any atom is 0.263 e. The lowest BCUT2D eigenvalue weighted by Gasteiger charge is -2.08. The molecule has 3 rings (SSSR count). The van der Waals surface area contributed by atoms with Crippen molar-refractivity contribution in [3.63, 3.8) is 0 Å². The molecule has 0 radical (unpaired) electrons. The lowest BCUT2D eigenvalue weighted by Crippen LogP contribution is -2.20. The molecule has 0 spiro atoms. The Bertz CT molecular complexity index is 1330. The Morgan fingerprint density at radius 1 is 1.10 bits per heavy atom. The van der Waals surface area contributed by atoms with Gasteiger partial charge < -0.3 is 18.8 Å². The monoisotopic (exact) mass is 460 g/mol. The summed E-state index contributed by atoms with van der Waals surface area (Å²) in [5.41, 5.74) is 0.699. The Morgan fingerprint density at radius 2 is 1.74 bits per heavy atom. The molecule has 0 aliphatic carbocycles. The largest absolute Gasteiger partial charge is 0.497 e. The Morgan fingerprint density at radius 3 is 2.32 bits per heavy atom. The highest BCUT2D eigenvalue weighted by Gasteiger charge is 2.20. The number of methoxy groups -OCH3 is 3. The van der Waals surface area contributed by atoms with Gasteiger partial charge in [-0.2, -0.15) is 4.99 Å². The number of nitrogens with zero attached hydrogens (tertiary/aromatic N) is 2. The van der Waals surface area contributed by atoms with Gasteiger partial charge in [-0.05, 0) is 24.3 Å². The highest BCUT2D eigenvalue weighted by atomic mass is 32.2. The van der Waals surface area contributed by atoms with Crippen LogP contribution in [0.5, 0.6) is 17.2 Å². The normalized spacial score (nSPS) is 11.9. The van der Waals surface area contributed by atoms with Gasteiger partial charge in [0.1, 0.15) is 11.5 Å². The van der Waals surface area contributed by atoms with Crippen molar-refractivity contribution in [2.45, 2.75) is 11.4 Å². The van der Waals surface area contributed by atoms with Crippen molar-refractivity contribution in [1.82, 2.24) is 4.57 Å². The van der Waals surface area contributed by atoms with Crippen LogP contribution in [0.4, 0.5) is 0 Å². The number of benzene rings is 2. The van der Waals surface area contributed by atoms with Gasteiger partial charge in [-0.15, -0.1) is 6.42 Å². The summed E-state index contributed by atoms with van der Waals surface area (Å²) in [6.07, 6.45) is 5.48. The first-order valence-corrected chi connectivity index (χ1v) is 11.4. The number of aromatic nitrogens is 1. The summed E-state index contributed by atoms with van der Waals surface area (Å²) in [7, 11) is 0.649. The zero-order valence-corrected chi connectivity index (χ0v) is 18.7. The molecule has 1 amide bonds. The van der Waals surface area contributed by atoms with Gasteiger partial charge in [-0.25, -0.2) is 8.42 Å². The molecule has 1 heterocycles. The first-order valence-electron chi connectivity index (χ1n) is 8.96. The third-order valence-electron chi connectivity index (χ3n) is 4.39. The highest BCUT2D eigenvalue weighted by Crippen LogP contribution is 2.33. The molecule has 0 fully saturated rings. The predicted molar refractivity (Wildman–Crippen MR) is 117 cm³/mol. The van der Waals surface area contributed by atoms with E-state index >= 15 is 0 Å². The number of sulfone groups is 1. The molecule has 0 bridgehead atoms. The van der Waals surface area contributed by atoms with Crippen molar-refractivity contribution in [1.29, 1.82) is 0 Å². The number of amides is 1. The van der Waals surface area contributed by atoms with Gasteiger partial charge in [0.05, 0.1) is 43.0 Å². The third kappa shape index (κ3) is 4.73. The lowest BCUT2D eigenvalue weighted by molar-refractivity contribution is -0.115. The molecule has 31 heavy (non-hydrogen) atoms. The molecule has 0 saturated heterocycles. The second-order valence-corrected chi connectivity index (χ2v) is 9.29. The van der Waals surface area contributed by atoms with Crippen LogP contribution < -0.4 is 19.0 Å². The van der Waals surface area contributed by atoms with Crippen LogP contribution >= 0.6 is 11.3 Å². The first-order chi connectivity index (χ1) is 14.8. The fourth-order valence-electron chi connectivity index (χ4n) is 2.89. The van der Waals surface area contributed by atoms with E-state index in [0.29, 0.717) is 22.8 Å². The molecule has 0 unspecified atom stereocenters. The highest BCUT2D eigenvalue weighted by molar-refractivity contribution is 7.92. The van der Waals surface area contributed by atoms with Crippen molar-refractivity contribution in [2.75, 3.05) is 27.1 Å². The summed E-state index contributed by atoms with van der Waals surface area (Å²) >= 11 is 1.20. The number of hydrogen-bond donors (Lipinski definition) is 0. The standard InChI is InChI=1S/C21H20N2O6S2/c1-5-10-23-16-11-17(28-3)18(29-4)12-19(16)30-21(23)22-20(24)13-31(25,26)15-8-6-14(27-2)7-9-15/h1,6-9,11-12H,10,13H2,2-4H3. The Balaban J connectivity index is 2.01. The number of thiazole rings is 1. The summed E-state index contributed by atoms with van der Waals surface area (Å²) in [4.78, 5) is 16.9. The van der Waals surface area contributed by atoms with Crippen LogP contribution in [-0.4, -0.2) is 46.0 Å². The molecule has 3 aromatic rings. The molecule has 1 aromatic heterocycles. The van der Waals surface area contributed by atoms with Gasteiger partial charge in [0.25, 0.3) is 5.91 Å². The maximum absolute atomic E-state index is 12.6. The number of rotatable bonds is 7. The molecule has 162 valence electrons. The Hall–Kier alpha value is -3.29. The van der Waals surface area contributed by atoms with Gasteiger partial charge >= 0.3 is 0 Å². The van der Waals surface area contributed by atoms with E-state index in [1.807, 2.05) is 0 Å². The van der Waals surface area contributed by atoms with Crippen LogP contribution in [0.1, 0.15) is 0 Å². The quantitative estimate of drug-likeness (QED) is 0.502. The van der Waals surface area contributed by atoms with Crippen LogP contribution in [0.2, 0.25) is 0 Å². The topological polar surface area (TPSA) is 96.2 Å². The average molecular weight is 461 g/mol. The van der Waals surface area contributed by atoms with E-state index in [4.69, 9.17) is 20.6 Å². The summed E-state index contributed by atoms with van der Waals surface area (Å²) in [6, 6.07) is 9.29. The van der Waals surface area contributed by atoms with Crippen LogP contribution in [-0.2, 0) is 21.2 Å². The summed E-state index contributed by atoms with van der Waals surface area (Å²) < 4.78 is 43.3. The van der Waals surface area contributed by atoms with E-state index in [-0.39, 0.29) is 16.2 Å². The van der Waals surface area contributed by atoms with Crippen molar-refractivity contribution in [3.8, 4) is 29.6 Å². The second kappa shape index (κ2) is 9.24. The number of fused-ring (bicyclic) bond motifs is 1. The van der Waals surface area contributed by atoms with Crippen LogP contribution in [0.3, 0.4) is 0 Å². The zero-order chi connectivity index (χ0) is 22.6. The van der Waals surface area contributed by atoms with Crippen LogP contribution in [0.15, 0.2) is 46.3 Å². The van der Waals surface area contributed by atoms with E-state index in [9.17, 15) is 13.2 Å². The fraction of sp³-hybridized carbons (Fsp3) is 0.238. The summed E-state index contributed by atoms with van der Waals surface area (Å²) in [6.45, 7) is 0.146. The molecule has 0 aliphatic heterocycles. The van der Waals surface area contributed by atoms with Crippen molar-refractivity contribution >= 4 is 37.3 Å². The second-order valence-electron chi connectivity index (χ2n) is 6.29. The Kier molecular flexibility index (Phi) is 6.68. The molecule has 2 aromatic carbocycles. The minimum absolute atomic E-state index is 0.0131. The number of ether oxygens (including phenoxy) is 3. The SMILES string of the molecule is C#CCn1c(=NC(=O)CS(=O)(=O)c2ccc(OC)cc2)sc2cc(OC)c(OC)cc21. The predicted octanol–water partition coefficient (Wildman–Crippen LogP) is 2.26. The van der Waals surface area contributed by atoms with Crippen LogP contribution in [0, 0.1) is 12.3 Å². The number of carbonyl (C=O) groups is 1. The molecule has 0 N–H and O–H groups in total. The van der Waals surface area contributed by atoms with Crippen molar-refractivity contribution in [3.05, 3.63) is 41.2 Å². The van der Waals surface area contributed by atoms with Crippen molar-refractivity contribution < 1.29 is 27.4 Å². The zero-order valence-electron chi connectivity index (χ0n) is 17.1. The molecule has 0 aliphatic rings. The molecule has 8 nitrogen and oxygen atoms in total. The van der Waals surface area contributed by atoms with E-state index in [1.54, 1.807) is 16.7 Å². The van der Waals surface area contributed by atoms with Gasteiger partial charge in [0.2, 0.25) is 0 Å². The first kappa shape index (κ1) is 22.4. The molecular formula is C21H20N2O6S2. The van der Waals surface area contributed by atoms with Gasteiger partial charge in [-0.1, -0.05) is 17.3 Å². The third-order valence-corrected chi connectivity index (χ3v) is 7.05. The maximum atomic E-state index is 12.6. The number of terminal acetylenes is 1. The van der Waals surface area contributed by atoms with Gasteiger partial charge in [0.15, 0.2) is 26.1 Å². The number of hydrogen-bond acceptors (Lipinski definition) is 7. The van der Waals surface area contributed by atoms with E-state index in [1.165, 1.54) is 56.9 Å². The lowest BCUT2D eigenvalue weighted by atomic mass is 10.3. The minimum Gasteiger partial charge on any atom is -0.497 e. The molecule has 0 atom stereocenters. The smallest absolute Gasteiger partial charge is 0.263 e. The average Bonchev–Trinajstić information content (AvgIpc) is 3.08. The van der Waals surface area contributed by atoms with Crippen LogP contribution in [0.25, 0.3) is 10.2 Å². The van der Waals surface area contributed by atoms with E-state index < -0.39 is 21.5 Å². The van der Waals surface area contributed by atoms with Crippen molar-refractivity contribution in [2.24, 2.45) is 4.99 Å². The number of carbonyl (C=O) groups excluding carboxylic acids is 1. The van der Waals surface area contributed by atoms with E-state index in [0.717, 1.165) is 4.70 Å². The summed E-state index contributed by atoms with van der Waals surface area (Å²) in [5.74, 6) is 2.49. The fourth-order valence-corrected chi connectivity index (χ4v) is 5.06. The molecule has 10 heteroatoms.